The van der Waals surface area contributed by atoms with Gasteiger partial charge < -0.3 is 4.74 Å². The molecule has 2 aromatic rings. The van der Waals surface area contributed by atoms with Crippen LogP contribution in [0.1, 0.15) is 11.1 Å². The van der Waals surface area contributed by atoms with Gasteiger partial charge in [0.2, 0.25) is 0 Å². The Bertz CT molecular complexity index is 680. The standard InChI is InChI=1S/C21H20O/c1-2-18-15-22-16-21(18)20(19-11-7-4-8-12-19)14-13-17-9-5-3-6-10-17/h2-14,18H,1,15-16H2/b14-13+,21-20+. The molecular formula is C21H20O. The summed E-state index contributed by atoms with van der Waals surface area (Å²) in [5.41, 5.74) is 4.98. The summed E-state index contributed by atoms with van der Waals surface area (Å²) >= 11 is 0. The Labute approximate surface area is 132 Å². The van der Waals surface area contributed by atoms with Gasteiger partial charge in [-0.1, -0.05) is 78.9 Å². The molecule has 1 heteroatoms. The van der Waals surface area contributed by atoms with Crippen LogP contribution in [0, 0.1) is 5.92 Å². The average molecular weight is 288 g/mol. The van der Waals surface area contributed by atoms with Crippen LogP contribution in [0.3, 0.4) is 0 Å². The van der Waals surface area contributed by atoms with Gasteiger partial charge in [-0.05, 0) is 22.3 Å². The summed E-state index contributed by atoms with van der Waals surface area (Å²) in [6.45, 7) is 5.36. The van der Waals surface area contributed by atoms with Crippen LogP contribution < -0.4 is 0 Å². The quantitative estimate of drug-likeness (QED) is 0.720. The fourth-order valence-corrected chi connectivity index (χ4v) is 2.74. The molecule has 22 heavy (non-hydrogen) atoms. The fraction of sp³-hybridized carbons (Fsp3) is 0.143. The van der Waals surface area contributed by atoms with E-state index in [2.05, 4.69) is 67.3 Å². The summed E-state index contributed by atoms with van der Waals surface area (Å²) in [5.74, 6) is 0.302. The van der Waals surface area contributed by atoms with E-state index in [1.165, 1.54) is 22.3 Å². The molecule has 0 aromatic heterocycles. The fourth-order valence-electron chi connectivity index (χ4n) is 2.74. The topological polar surface area (TPSA) is 9.23 Å². The van der Waals surface area contributed by atoms with Crippen molar-refractivity contribution in [1.29, 1.82) is 0 Å². The molecule has 0 saturated carbocycles. The highest BCUT2D eigenvalue weighted by atomic mass is 16.5. The van der Waals surface area contributed by atoms with Gasteiger partial charge in [-0.25, -0.2) is 0 Å². The molecular weight excluding hydrogens is 268 g/mol. The second-order valence-corrected chi connectivity index (χ2v) is 5.41. The van der Waals surface area contributed by atoms with Gasteiger partial charge in [0.15, 0.2) is 0 Å². The van der Waals surface area contributed by atoms with Crippen molar-refractivity contribution in [2.24, 2.45) is 5.92 Å². The van der Waals surface area contributed by atoms with Crippen LogP contribution in [-0.2, 0) is 4.74 Å². The lowest BCUT2D eigenvalue weighted by atomic mass is 9.92. The Morgan fingerprint density at radius 1 is 1.00 bits per heavy atom. The largest absolute Gasteiger partial charge is 0.376 e. The summed E-state index contributed by atoms with van der Waals surface area (Å²) < 4.78 is 5.65. The van der Waals surface area contributed by atoms with E-state index in [4.69, 9.17) is 4.74 Å². The predicted molar refractivity (Wildman–Crippen MR) is 93.3 cm³/mol. The number of rotatable bonds is 4. The summed E-state index contributed by atoms with van der Waals surface area (Å²) in [6, 6.07) is 20.9. The van der Waals surface area contributed by atoms with E-state index in [-0.39, 0.29) is 0 Å². The molecule has 1 unspecified atom stereocenters. The Morgan fingerprint density at radius 3 is 2.36 bits per heavy atom. The van der Waals surface area contributed by atoms with Crippen LogP contribution in [-0.4, -0.2) is 13.2 Å². The van der Waals surface area contributed by atoms with Gasteiger partial charge in [0, 0.05) is 5.92 Å². The lowest BCUT2D eigenvalue weighted by Crippen LogP contribution is -2.00. The third kappa shape index (κ3) is 3.26. The number of hydrogen-bond acceptors (Lipinski definition) is 1. The minimum Gasteiger partial charge on any atom is -0.376 e. The van der Waals surface area contributed by atoms with Crippen LogP contribution in [0.25, 0.3) is 11.6 Å². The summed E-state index contributed by atoms with van der Waals surface area (Å²) in [4.78, 5) is 0. The second kappa shape index (κ2) is 7.06. The molecule has 1 heterocycles. The molecule has 1 aliphatic rings. The molecule has 0 N–H and O–H groups in total. The van der Waals surface area contributed by atoms with Gasteiger partial charge in [0.25, 0.3) is 0 Å². The third-order valence-corrected chi connectivity index (χ3v) is 3.96. The monoisotopic (exact) mass is 288 g/mol. The number of benzene rings is 2. The van der Waals surface area contributed by atoms with E-state index in [1.54, 1.807) is 0 Å². The molecule has 110 valence electrons. The molecule has 1 nitrogen and oxygen atoms in total. The van der Waals surface area contributed by atoms with Crippen molar-refractivity contribution in [3.8, 4) is 0 Å². The van der Waals surface area contributed by atoms with Crippen LogP contribution in [0.2, 0.25) is 0 Å². The lowest BCUT2D eigenvalue weighted by molar-refractivity contribution is 0.195. The zero-order chi connectivity index (χ0) is 15.2. The number of hydrogen-bond donors (Lipinski definition) is 0. The Kier molecular flexibility index (Phi) is 4.67. The van der Waals surface area contributed by atoms with Gasteiger partial charge in [-0.2, -0.15) is 0 Å². The Morgan fingerprint density at radius 2 is 1.68 bits per heavy atom. The normalized spacial score (nSPS) is 20.3. The highest BCUT2D eigenvalue weighted by Gasteiger charge is 2.22. The molecule has 0 bridgehead atoms. The van der Waals surface area contributed by atoms with Gasteiger partial charge in [-0.3, -0.25) is 0 Å². The molecule has 0 radical (unpaired) electrons. The SMILES string of the molecule is C=CC1COC/C1=C(/C=C/c1ccccc1)c1ccccc1. The zero-order valence-corrected chi connectivity index (χ0v) is 12.6. The van der Waals surface area contributed by atoms with Crippen LogP contribution in [0.15, 0.2) is 85.0 Å². The van der Waals surface area contributed by atoms with E-state index >= 15 is 0 Å². The van der Waals surface area contributed by atoms with Gasteiger partial charge >= 0.3 is 0 Å². The maximum atomic E-state index is 5.65. The Balaban J connectivity index is 2.02. The first kappa shape index (κ1) is 14.6. The van der Waals surface area contributed by atoms with Gasteiger partial charge in [0.05, 0.1) is 13.2 Å². The molecule has 3 rings (SSSR count). The van der Waals surface area contributed by atoms with Crippen molar-refractivity contribution in [2.45, 2.75) is 0 Å². The first-order valence-electron chi connectivity index (χ1n) is 7.60. The van der Waals surface area contributed by atoms with E-state index in [1.807, 2.05) is 18.2 Å². The lowest BCUT2D eigenvalue weighted by Gasteiger charge is -2.11. The third-order valence-electron chi connectivity index (χ3n) is 3.96. The Hall–Kier alpha value is -2.38. The molecule has 0 spiro atoms. The van der Waals surface area contributed by atoms with Gasteiger partial charge in [-0.15, -0.1) is 6.58 Å². The number of ether oxygens (including phenoxy) is 1. The molecule has 2 aromatic carbocycles. The van der Waals surface area contributed by atoms with Crippen molar-refractivity contribution < 1.29 is 4.74 Å². The van der Waals surface area contributed by atoms with Gasteiger partial charge in [0.1, 0.15) is 0 Å². The highest BCUT2D eigenvalue weighted by Crippen LogP contribution is 2.31. The van der Waals surface area contributed by atoms with Crippen molar-refractivity contribution in [3.63, 3.8) is 0 Å². The van der Waals surface area contributed by atoms with Crippen molar-refractivity contribution >= 4 is 11.6 Å². The molecule has 0 aliphatic carbocycles. The van der Waals surface area contributed by atoms with E-state index < -0.39 is 0 Å². The van der Waals surface area contributed by atoms with Crippen LogP contribution in [0.4, 0.5) is 0 Å². The number of allylic oxidation sites excluding steroid dienone is 2. The minimum atomic E-state index is 0.302. The summed E-state index contributed by atoms with van der Waals surface area (Å²) in [5, 5.41) is 0. The van der Waals surface area contributed by atoms with E-state index in [0.717, 1.165) is 6.61 Å². The van der Waals surface area contributed by atoms with Crippen molar-refractivity contribution in [2.75, 3.05) is 13.2 Å². The minimum absolute atomic E-state index is 0.302. The molecule has 1 saturated heterocycles. The van der Waals surface area contributed by atoms with E-state index in [9.17, 15) is 0 Å². The van der Waals surface area contributed by atoms with Crippen molar-refractivity contribution in [1.82, 2.24) is 0 Å². The van der Waals surface area contributed by atoms with Crippen LogP contribution in [0.5, 0.6) is 0 Å². The van der Waals surface area contributed by atoms with Crippen LogP contribution >= 0.6 is 0 Å². The average Bonchev–Trinajstić information content (AvgIpc) is 3.05. The summed E-state index contributed by atoms with van der Waals surface area (Å²) in [7, 11) is 0. The molecule has 0 amide bonds. The zero-order valence-electron chi connectivity index (χ0n) is 12.6. The molecule has 1 fully saturated rings. The van der Waals surface area contributed by atoms with E-state index in [0.29, 0.717) is 12.5 Å². The maximum Gasteiger partial charge on any atom is 0.0692 e. The maximum absolute atomic E-state index is 5.65. The smallest absolute Gasteiger partial charge is 0.0692 e. The van der Waals surface area contributed by atoms with Crippen molar-refractivity contribution in [3.05, 3.63) is 96.1 Å². The molecule has 1 aliphatic heterocycles. The first-order chi connectivity index (χ1) is 10.9. The first-order valence-corrected chi connectivity index (χ1v) is 7.60. The predicted octanol–water partition coefficient (Wildman–Crippen LogP) is 4.99. The highest BCUT2D eigenvalue weighted by molar-refractivity contribution is 5.81. The second-order valence-electron chi connectivity index (χ2n) is 5.41. The molecule has 1 atom stereocenters. The summed E-state index contributed by atoms with van der Waals surface area (Å²) in [6.07, 6.45) is 6.35.